The summed E-state index contributed by atoms with van der Waals surface area (Å²) in [4.78, 5) is 11.0. The van der Waals surface area contributed by atoms with Crippen molar-refractivity contribution in [3.8, 4) is 0 Å². The van der Waals surface area contributed by atoms with Crippen LogP contribution in [0.25, 0.3) is 0 Å². The first kappa shape index (κ1) is 11.5. The highest BCUT2D eigenvalue weighted by molar-refractivity contribution is 5.08. The molecule has 0 aliphatic carbocycles. The predicted octanol–water partition coefficient (Wildman–Crippen LogP) is 0.834. The molecule has 0 aromatic carbocycles. The SMILES string of the molecule is CCc1cc(CN2CCCNCC2)ncn1. The van der Waals surface area contributed by atoms with Gasteiger partial charge in [-0.15, -0.1) is 0 Å². The first-order valence-corrected chi connectivity index (χ1v) is 6.11. The fourth-order valence-corrected chi connectivity index (χ4v) is 2.01. The maximum absolute atomic E-state index is 4.34. The van der Waals surface area contributed by atoms with Crippen LogP contribution < -0.4 is 5.32 Å². The van der Waals surface area contributed by atoms with Gasteiger partial charge in [0.1, 0.15) is 6.33 Å². The topological polar surface area (TPSA) is 41.0 Å². The monoisotopic (exact) mass is 220 g/mol. The van der Waals surface area contributed by atoms with E-state index in [1.54, 1.807) is 6.33 Å². The highest BCUT2D eigenvalue weighted by atomic mass is 15.2. The maximum Gasteiger partial charge on any atom is 0.115 e. The Hall–Kier alpha value is -1.00. The molecule has 0 saturated carbocycles. The first-order valence-electron chi connectivity index (χ1n) is 6.11. The van der Waals surface area contributed by atoms with Crippen molar-refractivity contribution in [2.45, 2.75) is 26.3 Å². The number of hydrogen-bond acceptors (Lipinski definition) is 4. The summed E-state index contributed by atoms with van der Waals surface area (Å²) in [6, 6.07) is 2.12. The molecule has 0 spiro atoms. The number of hydrogen-bond donors (Lipinski definition) is 1. The van der Waals surface area contributed by atoms with Gasteiger partial charge in [-0.1, -0.05) is 6.92 Å². The van der Waals surface area contributed by atoms with Gasteiger partial charge in [-0.3, -0.25) is 4.90 Å². The highest BCUT2D eigenvalue weighted by Crippen LogP contribution is 2.05. The summed E-state index contributed by atoms with van der Waals surface area (Å²) in [6.07, 6.45) is 3.90. The number of nitrogens with one attached hydrogen (secondary N) is 1. The molecule has 0 atom stereocenters. The Morgan fingerprint density at radius 1 is 1.25 bits per heavy atom. The third-order valence-corrected chi connectivity index (χ3v) is 2.96. The van der Waals surface area contributed by atoms with Gasteiger partial charge in [-0.05, 0) is 32.0 Å². The van der Waals surface area contributed by atoms with Crippen molar-refractivity contribution >= 4 is 0 Å². The Morgan fingerprint density at radius 2 is 2.12 bits per heavy atom. The van der Waals surface area contributed by atoms with Gasteiger partial charge in [0.05, 0.1) is 5.69 Å². The third-order valence-electron chi connectivity index (χ3n) is 2.96. The lowest BCUT2D eigenvalue weighted by Crippen LogP contribution is -2.28. The molecule has 2 heterocycles. The van der Waals surface area contributed by atoms with Crippen molar-refractivity contribution in [2.24, 2.45) is 0 Å². The van der Waals surface area contributed by atoms with Gasteiger partial charge >= 0.3 is 0 Å². The molecule has 1 aromatic heterocycles. The molecule has 0 radical (unpaired) electrons. The van der Waals surface area contributed by atoms with Gasteiger partial charge in [0, 0.05) is 25.3 Å². The molecule has 1 N–H and O–H groups in total. The Bertz CT molecular complexity index is 319. The quantitative estimate of drug-likeness (QED) is 0.819. The van der Waals surface area contributed by atoms with Crippen molar-refractivity contribution < 1.29 is 0 Å². The van der Waals surface area contributed by atoms with Crippen molar-refractivity contribution in [1.82, 2.24) is 20.2 Å². The molecule has 4 heteroatoms. The smallest absolute Gasteiger partial charge is 0.115 e. The summed E-state index contributed by atoms with van der Waals surface area (Å²) >= 11 is 0. The summed E-state index contributed by atoms with van der Waals surface area (Å²) in [6.45, 7) is 7.59. The molecule has 1 aromatic rings. The Labute approximate surface area is 97.1 Å². The Kier molecular flexibility index (Phi) is 4.25. The van der Waals surface area contributed by atoms with Gasteiger partial charge in [-0.25, -0.2) is 9.97 Å². The zero-order valence-electron chi connectivity index (χ0n) is 9.95. The molecule has 1 fully saturated rings. The van der Waals surface area contributed by atoms with Crippen LogP contribution in [-0.2, 0) is 13.0 Å². The van der Waals surface area contributed by atoms with Crippen LogP contribution in [-0.4, -0.2) is 41.0 Å². The van der Waals surface area contributed by atoms with Crippen molar-refractivity contribution in [2.75, 3.05) is 26.2 Å². The lowest BCUT2D eigenvalue weighted by molar-refractivity contribution is 0.281. The molecule has 1 aliphatic heterocycles. The normalized spacial score (nSPS) is 18.3. The van der Waals surface area contributed by atoms with E-state index in [2.05, 4.69) is 33.2 Å². The number of aryl methyl sites for hydroxylation is 1. The van der Waals surface area contributed by atoms with Crippen LogP contribution in [0.15, 0.2) is 12.4 Å². The van der Waals surface area contributed by atoms with E-state index in [1.165, 1.54) is 13.0 Å². The zero-order chi connectivity index (χ0) is 11.2. The third kappa shape index (κ3) is 3.25. The molecule has 16 heavy (non-hydrogen) atoms. The predicted molar refractivity (Wildman–Crippen MR) is 64.2 cm³/mol. The number of nitrogens with zero attached hydrogens (tertiary/aromatic N) is 3. The van der Waals surface area contributed by atoms with Gasteiger partial charge in [0.25, 0.3) is 0 Å². The molecular weight excluding hydrogens is 200 g/mol. The molecule has 2 rings (SSSR count). The van der Waals surface area contributed by atoms with Crippen LogP contribution in [0.5, 0.6) is 0 Å². The van der Waals surface area contributed by atoms with Gasteiger partial charge in [0.2, 0.25) is 0 Å². The average Bonchev–Trinajstić information content (AvgIpc) is 2.58. The lowest BCUT2D eigenvalue weighted by atomic mass is 10.2. The molecule has 1 saturated heterocycles. The van der Waals surface area contributed by atoms with E-state index in [9.17, 15) is 0 Å². The molecule has 1 aliphatic rings. The lowest BCUT2D eigenvalue weighted by Gasteiger charge is -2.18. The second-order valence-corrected chi connectivity index (χ2v) is 4.23. The molecule has 88 valence electrons. The van der Waals surface area contributed by atoms with E-state index in [4.69, 9.17) is 0 Å². The second kappa shape index (κ2) is 5.92. The minimum absolute atomic E-state index is 0.956. The number of aromatic nitrogens is 2. The van der Waals surface area contributed by atoms with E-state index >= 15 is 0 Å². The first-order chi connectivity index (χ1) is 7.88. The second-order valence-electron chi connectivity index (χ2n) is 4.23. The molecule has 0 amide bonds. The van der Waals surface area contributed by atoms with E-state index < -0.39 is 0 Å². The molecular formula is C12H20N4. The van der Waals surface area contributed by atoms with Crippen molar-refractivity contribution in [1.29, 1.82) is 0 Å². The van der Waals surface area contributed by atoms with E-state index in [0.717, 1.165) is 44.0 Å². The van der Waals surface area contributed by atoms with E-state index in [1.807, 2.05) is 0 Å². The standard InChI is InChI=1S/C12H20N4/c1-2-11-8-12(15-10-14-11)9-16-6-3-4-13-5-7-16/h8,10,13H,2-7,9H2,1H3. The van der Waals surface area contributed by atoms with Crippen LogP contribution in [0.2, 0.25) is 0 Å². The minimum Gasteiger partial charge on any atom is -0.315 e. The van der Waals surface area contributed by atoms with Crippen LogP contribution in [0.4, 0.5) is 0 Å². The van der Waals surface area contributed by atoms with Crippen LogP contribution in [0.1, 0.15) is 24.7 Å². The Balaban J connectivity index is 1.96. The fraction of sp³-hybridized carbons (Fsp3) is 0.667. The molecule has 0 bridgehead atoms. The van der Waals surface area contributed by atoms with Crippen LogP contribution >= 0.6 is 0 Å². The summed E-state index contributed by atoms with van der Waals surface area (Å²) in [7, 11) is 0. The summed E-state index contributed by atoms with van der Waals surface area (Å²) < 4.78 is 0. The zero-order valence-corrected chi connectivity index (χ0v) is 9.95. The molecule has 4 nitrogen and oxygen atoms in total. The van der Waals surface area contributed by atoms with Crippen molar-refractivity contribution in [3.05, 3.63) is 23.8 Å². The summed E-state index contributed by atoms with van der Waals surface area (Å²) in [5.74, 6) is 0. The van der Waals surface area contributed by atoms with Crippen LogP contribution in [0.3, 0.4) is 0 Å². The maximum atomic E-state index is 4.34. The largest absolute Gasteiger partial charge is 0.315 e. The van der Waals surface area contributed by atoms with E-state index in [0.29, 0.717) is 0 Å². The summed E-state index contributed by atoms with van der Waals surface area (Å²) in [5, 5.41) is 3.41. The highest BCUT2D eigenvalue weighted by Gasteiger charge is 2.09. The fourth-order valence-electron chi connectivity index (χ4n) is 2.01. The average molecular weight is 220 g/mol. The van der Waals surface area contributed by atoms with Crippen molar-refractivity contribution in [3.63, 3.8) is 0 Å². The summed E-state index contributed by atoms with van der Waals surface area (Å²) in [5.41, 5.74) is 2.28. The Morgan fingerprint density at radius 3 is 3.00 bits per heavy atom. The van der Waals surface area contributed by atoms with Crippen LogP contribution in [0, 0.1) is 0 Å². The van der Waals surface area contributed by atoms with Gasteiger partial charge < -0.3 is 5.32 Å². The number of rotatable bonds is 3. The van der Waals surface area contributed by atoms with Gasteiger partial charge in [-0.2, -0.15) is 0 Å². The van der Waals surface area contributed by atoms with E-state index in [-0.39, 0.29) is 0 Å². The minimum atomic E-state index is 0.956. The van der Waals surface area contributed by atoms with Gasteiger partial charge in [0.15, 0.2) is 0 Å². The molecule has 0 unspecified atom stereocenters.